The Morgan fingerprint density at radius 3 is 1.38 bits per heavy atom. The largest absolute Gasteiger partial charge is 0.396 e. The van der Waals surface area contributed by atoms with Gasteiger partial charge in [0.1, 0.15) is 0 Å². The van der Waals surface area contributed by atoms with Gasteiger partial charge in [-0.25, -0.2) is 0 Å². The van der Waals surface area contributed by atoms with E-state index in [4.69, 9.17) is 15.9 Å². The van der Waals surface area contributed by atoms with E-state index in [0.29, 0.717) is 13.0 Å². The van der Waals surface area contributed by atoms with Crippen LogP contribution in [-0.4, -0.2) is 40.7 Å². The first-order valence-electron chi connectivity index (χ1n) is 8.87. The van der Waals surface area contributed by atoms with Crippen molar-refractivity contribution in [2.24, 2.45) is 5.73 Å². The Morgan fingerprint density at radius 1 is 0.619 bits per heavy atom. The van der Waals surface area contributed by atoms with E-state index in [1.54, 1.807) is 0 Å². The average Bonchev–Trinajstić information content (AvgIpc) is 2.50. The molecule has 0 rings (SSSR count). The van der Waals surface area contributed by atoms with Crippen LogP contribution in [-0.2, 0) is 0 Å². The molecule has 0 heterocycles. The Hall–Kier alpha value is -0.160. The van der Waals surface area contributed by atoms with Gasteiger partial charge in [0.15, 0.2) is 0 Å². The second kappa shape index (κ2) is 16.2. The minimum Gasteiger partial charge on any atom is -0.396 e. The minimum atomic E-state index is -0.555. The molecule has 0 unspecified atom stereocenters. The first kappa shape index (κ1) is 20.8. The van der Waals surface area contributed by atoms with Crippen molar-refractivity contribution < 1.29 is 15.3 Å². The maximum atomic E-state index is 9.60. The van der Waals surface area contributed by atoms with Crippen molar-refractivity contribution >= 4 is 0 Å². The van der Waals surface area contributed by atoms with Crippen molar-refractivity contribution in [2.75, 3.05) is 13.2 Å². The lowest BCUT2D eigenvalue weighted by atomic mass is 10.0. The minimum absolute atomic E-state index is 0.138. The molecule has 0 aromatic rings. The lowest BCUT2D eigenvalue weighted by Crippen LogP contribution is -2.37. The molecule has 5 N–H and O–H groups in total. The van der Waals surface area contributed by atoms with Gasteiger partial charge < -0.3 is 21.1 Å². The smallest absolute Gasteiger partial charge is 0.0713 e. The van der Waals surface area contributed by atoms with Crippen molar-refractivity contribution in [3.8, 4) is 0 Å². The summed E-state index contributed by atoms with van der Waals surface area (Å²) in [5.74, 6) is 0. The molecular formula is C17H37NO3. The predicted octanol–water partition coefficient (Wildman–Crippen LogP) is 2.73. The number of rotatable bonds is 16. The van der Waals surface area contributed by atoms with Crippen LogP contribution in [0.5, 0.6) is 0 Å². The fourth-order valence-corrected chi connectivity index (χ4v) is 2.57. The second-order valence-electron chi connectivity index (χ2n) is 6.17. The van der Waals surface area contributed by atoms with Crippen molar-refractivity contribution in [3.63, 3.8) is 0 Å². The molecule has 4 nitrogen and oxygen atoms in total. The number of unbranched alkanes of at least 4 members (excludes halogenated alkanes) is 11. The van der Waals surface area contributed by atoms with Crippen LogP contribution < -0.4 is 5.73 Å². The van der Waals surface area contributed by atoms with Gasteiger partial charge in [-0.15, -0.1) is 0 Å². The Labute approximate surface area is 130 Å². The molecule has 0 aromatic carbocycles. The molecule has 0 radical (unpaired) electrons. The van der Waals surface area contributed by atoms with Gasteiger partial charge in [-0.05, 0) is 12.8 Å². The Kier molecular flexibility index (Phi) is 16.1. The summed E-state index contributed by atoms with van der Waals surface area (Å²) < 4.78 is 0. The normalized spacial score (nSPS) is 14.3. The van der Waals surface area contributed by atoms with Crippen molar-refractivity contribution in [1.29, 1.82) is 0 Å². The molecule has 4 heteroatoms. The standard InChI is InChI=1S/C17H37NO3/c18-16(15-20)17(21)13-11-9-7-5-3-1-2-4-6-8-10-12-14-19/h16-17,19-21H,1-15,18H2/t16-,17+/m0/s1. The summed E-state index contributed by atoms with van der Waals surface area (Å²) in [6.07, 6.45) is 14.8. The lowest BCUT2D eigenvalue weighted by Gasteiger charge is -2.15. The highest BCUT2D eigenvalue weighted by Gasteiger charge is 2.12. The number of hydrogen-bond donors (Lipinski definition) is 4. The van der Waals surface area contributed by atoms with Crippen LogP contribution in [0.1, 0.15) is 83.5 Å². The van der Waals surface area contributed by atoms with Crippen LogP contribution >= 0.6 is 0 Å². The quantitative estimate of drug-likeness (QED) is 0.330. The summed E-state index contributed by atoms with van der Waals surface area (Å²) in [6.45, 7) is 0.199. The molecule has 2 atom stereocenters. The van der Waals surface area contributed by atoms with Gasteiger partial charge in [-0.2, -0.15) is 0 Å². The van der Waals surface area contributed by atoms with Crippen molar-refractivity contribution in [3.05, 3.63) is 0 Å². The van der Waals surface area contributed by atoms with E-state index in [9.17, 15) is 5.11 Å². The molecule has 0 spiro atoms. The first-order chi connectivity index (χ1) is 10.2. The molecule has 21 heavy (non-hydrogen) atoms. The van der Waals surface area contributed by atoms with Gasteiger partial charge >= 0.3 is 0 Å². The molecule has 0 saturated carbocycles. The fraction of sp³-hybridized carbons (Fsp3) is 1.00. The highest BCUT2D eigenvalue weighted by molar-refractivity contribution is 4.70. The third-order valence-electron chi connectivity index (χ3n) is 4.11. The Bertz CT molecular complexity index is 202. The zero-order chi connectivity index (χ0) is 15.8. The van der Waals surface area contributed by atoms with E-state index >= 15 is 0 Å². The molecule has 0 fully saturated rings. The molecule has 0 aliphatic rings. The van der Waals surface area contributed by atoms with Gasteiger partial charge in [0.05, 0.1) is 18.8 Å². The van der Waals surface area contributed by atoms with Gasteiger partial charge in [0, 0.05) is 6.61 Å². The van der Waals surface area contributed by atoms with Gasteiger partial charge in [0.2, 0.25) is 0 Å². The van der Waals surface area contributed by atoms with Gasteiger partial charge in [0.25, 0.3) is 0 Å². The van der Waals surface area contributed by atoms with Crippen LogP contribution in [0, 0.1) is 0 Å². The van der Waals surface area contributed by atoms with E-state index in [1.165, 1.54) is 57.8 Å². The molecule has 0 amide bonds. The van der Waals surface area contributed by atoms with Crippen LogP contribution in [0.2, 0.25) is 0 Å². The van der Waals surface area contributed by atoms with E-state index in [1.807, 2.05) is 0 Å². The van der Waals surface area contributed by atoms with Crippen LogP contribution in [0.4, 0.5) is 0 Å². The predicted molar refractivity (Wildman–Crippen MR) is 88.2 cm³/mol. The van der Waals surface area contributed by atoms with Crippen LogP contribution in [0.3, 0.4) is 0 Å². The maximum Gasteiger partial charge on any atom is 0.0713 e. The topological polar surface area (TPSA) is 86.7 Å². The Balaban J connectivity index is 3.09. The van der Waals surface area contributed by atoms with E-state index in [2.05, 4.69) is 0 Å². The molecule has 0 aliphatic carbocycles. The van der Waals surface area contributed by atoms with Gasteiger partial charge in [-0.3, -0.25) is 0 Å². The van der Waals surface area contributed by atoms with Crippen LogP contribution in [0.15, 0.2) is 0 Å². The lowest BCUT2D eigenvalue weighted by molar-refractivity contribution is 0.0990. The second-order valence-corrected chi connectivity index (χ2v) is 6.17. The highest BCUT2D eigenvalue weighted by atomic mass is 16.3. The SMILES string of the molecule is N[C@@H](CO)[C@H](O)CCCCCCCCCCCCCCO. The molecule has 0 aliphatic heterocycles. The summed E-state index contributed by atoms with van der Waals surface area (Å²) in [7, 11) is 0. The number of nitrogens with two attached hydrogens (primary N) is 1. The molecule has 0 aromatic heterocycles. The van der Waals surface area contributed by atoms with Crippen molar-refractivity contribution in [1.82, 2.24) is 0 Å². The number of aliphatic hydroxyl groups excluding tert-OH is 3. The van der Waals surface area contributed by atoms with Gasteiger partial charge in [-0.1, -0.05) is 70.6 Å². The molecule has 0 bridgehead atoms. The van der Waals surface area contributed by atoms with E-state index < -0.39 is 12.1 Å². The summed E-state index contributed by atoms with van der Waals surface area (Å²) >= 11 is 0. The maximum absolute atomic E-state index is 9.60. The first-order valence-corrected chi connectivity index (χ1v) is 8.87. The number of hydrogen-bond acceptors (Lipinski definition) is 4. The summed E-state index contributed by atoms with van der Waals surface area (Å²) in [5.41, 5.74) is 5.55. The highest BCUT2D eigenvalue weighted by Crippen LogP contribution is 2.13. The molecular weight excluding hydrogens is 266 g/mol. The van der Waals surface area contributed by atoms with E-state index in [-0.39, 0.29) is 6.61 Å². The zero-order valence-corrected chi connectivity index (χ0v) is 13.7. The average molecular weight is 303 g/mol. The third kappa shape index (κ3) is 14.5. The fourth-order valence-electron chi connectivity index (χ4n) is 2.57. The molecule has 0 saturated heterocycles. The zero-order valence-electron chi connectivity index (χ0n) is 13.7. The van der Waals surface area contributed by atoms with E-state index in [0.717, 1.165) is 19.3 Å². The number of aliphatic hydroxyl groups is 3. The van der Waals surface area contributed by atoms with Crippen molar-refractivity contribution in [2.45, 2.75) is 95.6 Å². The summed E-state index contributed by atoms with van der Waals surface area (Å²) in [6, 6.07) is -0.484. The third-order valence-corrected chi connectivity index (χ3v) is 4.11. The monoisotopic (exact) mass is 303 g/mol. The summed E-state index contributed by atoms with van der Waals surface area (Å²) in [5, 5.41) is 27.1. The molecule has 128 valence electrons. The summed E-state index contributed by atoms with van der Waals surface area (Å²) in [4.78, 5) is 0. The Morgan fingerprint density at radius 2 is 1.00 bits per heavy atom. The van der Waals surface area contributed by atoms with Crippen LogP contribution in [0.25, 0.3) is 0 Å².